The van der Waals surface area contributed by atoms with Crippen molar-refractivity contribution >= 4 is 11.8 Å². The fraction of sp³-hybridized carbons (Fsp3) is 0.200. The Bertz CT molecular complexity index is 403. The second kappa shape index (κ2) is 2.42. The Balaban J connectivity index is 2.12. The van der Waals surface area contributed by atoms with Gasteiger partial charge in [-0.25, -0.2) is 10.0 Å². The molecule has 0 spiro atoms. The minimum atomic E-state index is -0.192. The summed E-state index contributed by atoms with van der Waals surface area (Å²) in [5.74, 6) is -0.383. The number of carbonyl (C=O) groups is 2. The van der Waals surface area contributed by atoms with Gasteiger partial charge in [0.1, 0.15) is 0 Å². The second-order valence-electron chi connectivity index (χ2n) is 3.42. The highest BCUT2D eigenvalue weighted by Crippen LogP contribution is 2.26. The highest BCUT2D eigenvalue weighted by atomic mass is 16.2. The van der Waals surface area contributed by atoms with E-state index < -0.39 is 0 Å². The minimum absolute atomic E-state index is 0.192. The van der Waals surface area contributed by atoms with Crippen LogP contribution in [-0.2, 0) is 0 Å². The van der Waals surface area contributed by atoms with Crippen molar-refractivity contribution in [1.82, 2.24) is 10.0 Å². The maximum Gasteiger partial charge on any atom is 0.276 e. The molecule has 0 radical (unpaired) electrons. The molecule has 1 saturated heterocycles. The SMILES string of the molecule is O=C1c2ccccc2C(=O)N1N1CC1. The van der Waals surface area contributed by atoms with Crippen LogP contribution in [0.3, 0.4) is 0 Å². The van der Waals surface area contributed by atoms with E-state index in [2.05, 4.69) is 0 Å². The summed E-state index contributed by atoms with van der Waals surface area (Å²) in [6, 6.07) is 6.93. The molecule has 3 rings (SSSR count). The Labute approximate surface area is 80.7 Å². The molecule has 1 aromatic rings. The Hall–Kier alpha value is -1.68. The number of hydrazine groups is 1. The monoisotopic (exact) mass is 188 g/mol. The molecule has 0 bridgehead atoms. The van der Waals surface area contributed by atoms with Crippen LogP contribution < -0.4 is 0 Å². The van der Waals surface area contributed by atoms with Gasteiger partial charge in [0.25, 0.3) is 11.8 Å². The fourth-order valence-corrected chi connectivity index (χ4v) is 1.68. The average molecular weight is 188 g/mol. The molecule has 1 fully saturated rings. The van der Waals surface area contributed by atoms with E-state index in [1.807, 2.05) is 0 Å². The van der Waals surface area contributed by atoms with Crippen LogP contribution >= 0.6 is 0 Å². The summed E-state index contributed by atoms with van der Waals surface area (Å²) in [6.07, 6.45) is 0. The van der Waals surface area contributed by atoms with Gasteiger partial charge in [-0.2, -0.15) is 0 Å². The van der Waals surface area contributed by atoms with E-state index in [4.69, 9.17) is 0 Å². The number of fused-ring (bicyclic) bond motifs is 1. The van der Waals surface area contributed by atoms with Gasteiger partial charge in [-0.3, -0.25) is 9.59 Å². The van der Waals surface area contributed by atoms with Gasteiger partial charge in [0, 0.05) is 13.1 Å². The number of nitrogens with zero attached hydrogens (tertiary/aromatic N) is 2. The van der Waals surface area contributed by atoms with Gasteiger partial charge in [0.2, 0.25) is 0 Å². The molecule has 0 aliphatic carbocycles. The molecular formula is C10H8N2O2. The number of benzene rings is 1. The van der Waals surface area contributed by atoms with Crippen molar-refractivity contribution < 1.29 is 9.59 Å². The predicted octanol–water partition coefficient (Wildman–Crippen LogP) is 0.513. The summed E-state index contributed by atoms with van der Waals surface area (Å²) in [4.78, 5) is 23.5. The zero-order valence-corrected chi connectivity index (χ0v) is 7.43. The van der Waals surface area contributed by atoms with Crippen LogP contribution in [0.1, 0.15) is 20.7 Å². The topological polar surface area (TPSA) is 40.4 Å². The average Bonchev–Trinajstić information content (AvgIpc) is 2.99. The molecule has 70 valence electrons. The zero-order chi connectivity index (χ0) is 9.71. The van der Waals surface area contributed by atoms with Crippen LogP contribution in [0.2, 0.25) is 0 Å². The summed E-state index contributed by atoms with van der Waals surface area (Å²) in [5.41, 5.74) is 1.04. The van der Waals surface area contributed by atoms with Crippen molar-refractivity contribution in [3.05, 3.63) is 35.4 Å². The lowest BCUT2D eigenvalue weighted by atomic mass is 10.1. The molecule has 1 aromatic carbocycles. The third-order valence-electron chi connectivity index (χ3n) is 2.48. The van der Waals surface area contributed by atoms with Gasteiger partial charge in [-0.15, -0.1) is 0 Å². The standard InChI is InChI=1S/C10H8N2O2/c13-9-7-3-1-2-4-8(7)10(14)12(9)11-5-6-11/h1-4H,5-6H2. The second-order valence-corrected chi connectivity index (χ2v) is 3.42. The molecule has 0 saturated carbocycles. The van der Waals surface area contributed by atoms with Crippen molar-refractivity contribution in [2.45, 2.75) is 0 Å². The summed E-state index contributed by atoms with van der Waals surface area (Å²) in [6.45, 7) is 1.59. The van der Waals surface area contributed by atoms with Gasteiger partial charge in [0.05, 0.1) is 11.1 Å². The van der Waals surface area contributed by atoms with E-state index in [-0.39, 0.29) is 11.8 Å². The van der Waals surface area contributed by atoms with Crippen molar-refractivity contribution in [3.63, 3.8) is 0 Å². The van der Waals surface area contributed by atoms with Crippen LogP contribution in [0.25, 0.3) is 0 Å². The molecule has 0 aromatic heterocycles. The van der Waals surface area contributed by atoms with Crippen LogP contribution in [0.5, 0.6) is 0 Å². The Morgan fingerprint density at radius 1 is 0.929 bits per heavy atom. The normalized spacial score (nSPS) is 20.1. The summed E-state index contributed by atoms with van der Waals surface area (Å²) < 4.78 is 0. The lowest BCUT2D eigenvalue weighted by molar-refractivity contribution is 0.0401. The molecule has 2 heterocycles. The molecule has 0 N–H and O–H groups in total. The summed E-state index contributed by atoms with van der Waals surface area (Å²) >= 11 is 0. The lowest BCUT2D eigenvalue weighted by Gasteiger charge is -2.12. The van der Waals surface area contributed by atoms with Gasteiger partial charge >= 0.3 is 0 Å². The molecule has 2 aliphatic heterocycles. The number of hydrogen-bond donors (Lipinski definition) is 0. The predicted molar refractivity (Wildman–Crippen MR) is 48.5 cm³/mol. The number of carbonyl (C=O) groups excluding carboxylic acids is 2. The molecule has 4 nitrogen and oxygen atoms in total. The zero-order valence-electron chi connectivity index (χ0n) is 7.43. The first-order valence-electron chi connectivity index (χ1n) is 4.52. The summed E-state index contributed by atoms with van der Waals surface area (Å²) in [7, 11) is 0. The van der Waals surface area contributed by atoms with Gasteiger partial charge in [-0.05, 0) is 12.1 Å². The van der Waals surface area contributed by atoms with E-state index in [1.165, 1.54) is 5.01 Å². The minimum Gasteiger partial charge on any atom is -0.267 e. The first kappa shape index (κ1) is 7.70. The van der Waals surface area contributed by atoms with E-state index in [9.17, 15) is 9.59 Å². The van der Waals surface area contributed by atoms with Crippen molar-refractivity contribution in [3.8, 4) is 0 Å². The van der Waals surface area contributed by atoms with Gasteiger partial charge in [-0.1, -0.05) is 12.1 Å². The Morgan fingerprint density at radius 2 is 1.43 bits per heavy atom. The number of rotatable bonds is 1. The van der Waals surface area contributed by atoms with E-state index >= 15 is 0 Å². The molecule has 0 atom stereocenters. The smallest absolute Gasteiger partial charge is 0.267 e. The number of amides is 2. The maximum absolute atomic E-state index is 11.8. The Morgan fingerprint density at radius 3 is 1.86 bits per heavy atom. The number of imide groups is 1. The van der Waals surface area contributed by atoms with Crippen LogP contribution in [0, 0.1) is 0 Å². The third-order valence-corrected chi connectivity index (χ3v) is 2.48. The highest BCUT2D eigenvalue weighted by molar-refractivity contribution is 6.21. The van der Waals surface area contributed by atoms with Crippen molar-refractivity contribution in [2.24, 2.45) is 0 Å². The molecule has 0 unspecified atom stereocenters. The molecule has 4 heteroatoms. The van der Waals surface area contributed by atoms with Gasteiger partial charge in [0.15, 0.2) is 0 Å². The maximum atomic E-state index is 11.8. The van der Waals surface area contributed by atoms with E-state index in [0.29, 0.717) is 11.1 Å². The van der Waals surface area contributed by atoms with Crippen LogP contribution in [-0.4, -0.2) is 34.9 Å². The van der Waals surface area contributed by atoms with E-state index in [0.717, 1.165) is 13.1 Å². The molecular weight excluding hydrogens is 180 g/mol. The first-order valence-corrected chi connectivity index (χ1v) is 4.52. The van der Waals surface area contributed by atoms with Crippen LogP contribution in [0.4, 0.5) is 0 Å². The summed E-state index contributed by atoms with van der Waals surface area (Å²) in [5, 5.41) is 2.98. The first-order chi connectivity index (χ1) is 6.79. The fourth-order valence-electron chi connectivity index (χ4n) is 1.68. The highest BCUT2D eigenvalue weighted by Gasteiger charge is 2.42. The lowest BCUT2D eigenvalue weighted by Crippen LogP contribution is -2.34. The molecule has 2 amide bonds. The van der Waals surface area contributed by atoms with Crippen molar-refractivity contribution in [1.29, 1.82) is 0 Å². The third kappa shape index (κ3) is 0.858. The van der Waals surface area contributed by atoms with Crippen molar-refractivity contribution in [2.75, 3.05) is 13.1 Å². The van der Waals surface area contributed by atoms with E-state index in [1.54, 1.807) is 29.3 Å². The van der Waals surface area contributed by atoms with Crippen LogP contribution in [0.15, 0.2) is 24.3 Å². The number of hydrogen-bond acceptors (Lipinski definition) is 3. The largest absolute Gasteiger partial charge is 0.276 e. The molecule has 14 heavy (non-hydrogen) atoms. The molecule has 2 aliphatic rings. The quantitative estimate of drug-likeness (QED) is 0.476. The Kier molecular flexibility index (Phi) is 1.33. The van der Waals surface area contributed by atoms with Gasteiger partial charge < -0.3 is 0 Å².